The number of nitrogens with one attached hydrogen (secondary N) is 1. The standard InChI is InChI=1S/C23H24F3N3O6S/c1-11-3-4-36-10-18(34-2)35-17-9-28(11)23(33)19-21(31)20(30)14(8-29(17)19)22(32)27-7-13-15(25)5-12(24)6-16(13)26/h5-6,8,11,17-18,31H,3-4,7,9-10H2,1-2H3,(H,27,32)/t11-,17-,18+/m0/s1. The molecule has 0 saturated carbocycles. The fraction of sp³-hybridized carbons (Fsp3) is 0.435. The molecule has 2 aromatic rings. The Morgan fingerprint density at radius 1 is 1.28 bits per heavy atom. The largest absolute Gasteiger partial charge is 0.503 e. The molecule has 1 fully saturated rings. The average molecular weight is 528 g/mol. The maximum Gasteiger partial charge on any atom is 0.274 e. The lowest BCUT2D eigenvalue weighted by atomic mass is 10.1. The average Bonchev–Trinajstić information content (AvgIpc) is 2.82. The van der Waals surface area contributed by atoms with E-state index in [1.165, 1.54) is 16.6 Å². The van der Waals surface area contributed by atoms with E-state index in [4.69, 9.17) is 9.47 Å². The lowest BCUT2D eigenvalue weighted by Crippen LogP contribution is -2.50. The molecule has 36 heavy (non-hydrogen) atoms. The molecule has 9 nitrogen and oxygen atoms in total. The Kier molecular flexibility index (Phi) is 7.62. The minimum atomic E-state index is -1.21. The number of carbonyl (C=O) groups excluding carboxylic acids is 2. The van der Waals surface area contributed by atoms with Crippen molar-refractivity contribution in [2.45, 2.75) is 38.4 Å². The van der Waals surface area contributed by atoms with E-state index in [-0.39, 0.29) is 18.3 Å². The zero-order valence-electron chi connectivity index (χ0n) is 19.4. The second-order valence-electron chi connectivity index (χ2n) is 8.43. The van der Waals surface area contributed by atoms with E-state index >= 15 is 0 Å². The molecule has 1 saturated heterocycles. The van der Waals surface area contributed by atoms with Gasteiger partial charge < -0.3 is 29.4 Å². The molecule has 0 unspecified atom stereocenters. The number of aromatic nitrogens is 1. The Hall–Kier alpha value is -3.03. The lowest BCUT2D eigenvalue weighted by Gasteiger charge is -2.41. The van der Waals surface area contributed by atoms with Crippen LogP contribution < -0.4 is 10.7 Å². The number of rotatable bonds is 4. The molecule has 0 spiro atoms. The molecule has 2 aliphatic rings. The number of methoxy groups -OCH3 is 1. The van der Waals surface area contributed by atoms with E-state index in [1.54, 1.807) is 11.8 Å². The summed E-state index contributed by atoms with van der Waals surface area (Å²) >= 11 is 1.59. The molecule has 2 bridgehead atoms. The second-order valence-corrected chi connectivity index (χ2v) is 9.58. The number of aromatic hydroxyl groups is 1. The van der Waals surface area contributed by atoms with E-state index in [9.17, 15) is 32.7 Å². The number of nitrogens with zero attached hydrogens (tertiary/aromatic N) is 2. The summed E-state index contributed by atoms with van der Waals surface area (Å²) in [6.07, 6.45) is 0.176. The highest BCUT2D eigenvalue weighted by Crippen LogP contribution is 2.31. The quantitative estimate of drug-likeness (QED) is 0.628. The Morgan fingerprint density at radius 2 is 1.97 bits per heavy atom. The Labute approximate surface area is 208 Å². The predicted molar refractivity (Wildman–Crippen MR) is 123 cm³/mol. The van der Waals surface area contributed by atoms with Crippen LogP contribution in [0.15, 0.2) is 23.1 Å². The summed E-state index contributed by atoms with van der Waals surface area (Å²) in [6, 6.07) is 0.718. The van der Waals surface area contributed by atoms with Crippen LogP contribution in [-0.2, 0) is 16.0 Å². The maximum absolute atomic E-state index is 13.9. The van der Waals surface area contributed by atoms with Gasteiger partial charge in [0.05, 0.1) is 6.54 Å². The Morgan fingerprint density at radius 3 is 2.64 bits per heavy atom. The number of carbonyl (C=O) groups is 2. The highest BCUT2D eigenvalue weighted by molar-refractivity contribution is 7.99. The summed E-state index contributed by atoms with van der Waals surface area (Å²) in [5.41, 5.74) is -2.65. The molecule has 0 aliphatic carbocycles. The summed E-state index contributed by atoms with van der Waals surface area (Å²) in [5, 5.41) is 12.9. The van der Waals surface area contributed by atoms with Crippen LogP contribution in [0.4, 0.5) is 13.2 Å². The summed E-state index contributed by atoms with van der Waals surface area (Å²) in [5.74, 6) is -4.91. The molecular weight excluding hydrogens is 503 g/mol. The van der Waals surface area contributed by atoms with E-state index in [1.807, 2.05) is 6.92 Å². The van der Waals surface area contributed by atoms with Crippen molar-refractivity contribution in [1.29, 1.82) is 0 Å². The van der Waals surface area contributed by atoms with Gasteiger partial charge in [0.2, 0.25) is 5.43 Å². The van der Waals surface area contributed by atoms with Gasteiger partial charge in [0.1, 0.15) is 23.0 Å². The van der Waals surface area contributed by atoms with Gasteiger partial charge in [-0.2, -0.15) is 11.8 Å². The van der Waals surface area contributed by atoms with Crippen LogP contribution in [0.1, 0.15) is 46.0 Å². The molecule has 2 N–H and O–H groups in total. The smallest absolute Gasteiger partial charge is 0.274 e. The van der Waals surface area contributed by atoms with Crippen LogP contribution in [0.5, 0.6) is 5.75 Å². The van der Waals surface area contributed by atoms with Gasteiger partial charge in [0.25, 0.3) is 11.8 Å². The summed E-state index contributed by atoms with van der Waals surface area (Å²) in [7, 11) is 1.46. The van der Waals surface area contributed by atoms with Crippen LogP contribution >= 0.6 is 11.8 Å². The summed E-state index contributed by atoms with van der Waals surface area (Å²) in [4.78, 5) is 40.4. The predicted octanol–water partition coefficient (Wildman–Crippen LogP) is 2.37. The van der Waals surface area contributed by atoms with Gasteiger partial charge in [-0.1, -0.05) is 0 Å². The van der Waals surface area contributed by atoms with E-state index in [0.29, 0.717) is 24.3 Å². The minimum Gasteiger partial charge on any atom is -0.503 e. The molecule has 1 aromatic carbocycles. The third kappa shape index (κ3) is 4.95. The van der Waals surface area contributed by atoms with Crippen LogP contribution in [0.3, 0.4) is 0 Å². The monoisotopic (exact) mass is 527 g/mol. The molecule has 2 amide bonds. The van der Waals surface area contributed by atoms with Crippen molar-refractivity contribution < 1.29 is 37.3 Å². The number of benzene rings is 1. The molecule has 3 heterocycles. The van der Waals surface area contributed by atoms with Crippen molar-refractivity contribution in [3.8, 4) is 5.75 Å². The molecule has 0 radical (unpaired) electrons. The van der Waals surface area contributed by atoms with Crippen molar-refractivity contribution in [2.24, 2.45) is 0 Å². The zero-order valence-corrected chi connectivity index (χ0v) is 20.2. The first kappa shape index (κ1) is 26.0. The molecular formula is C23H24F3N3O6S. The first-order valence-corrected chi connectivity index (χ1v) is 12.2. The number of thioether (sulfide) groups is 1. The van der Waals surface area contributed by atoms with E-state index < -0.39 is 70.6 Å². The normalized spacial score (nSPS) is 22.2. The van der Waals surface area contributed by atoms with Crippen LogP contribution in [-0.4, -0.2) is 63.9 Å². The highest BCUT2D eigenvalue weighted by Gasteiger charge is 2.39. The number of halogens is 3. The van der Waals surface area contributed by atoms with Crippen LogP contribution in [0.2, 0.25) is 0 Å². The topological polar surface area (TPSA) is 110 Å². The number of hydrogen-bond donors (Lipinski definition) is 2. The molecule has 3 atom stereocenters. The molecule has 13 heteroatoms. The zero-order chi connectivity index (χ0) is 26.1. The first-order valence-electron chi connectivity index (χ1n) is 11.1. The van der Waals surface area contributed by atoms with Crippen molar-refractivity contribution in [2.75, 3.05) is 25.2 Å². The molecule has 4 rings (SSSR count). The number of ether oxygens (including phenoxy) is 2. The van der Waals surface area contributed by atoms with Gasteiger partial charge in [-0.3, -0.25) is 14.4 Å². The molecule has 2 aliphatic heterocycles. The fourth-order valence-electron chi connectivity index (χ4n) is 4.12. The van der Waals surface area contributed by atoms with Crippen molar-refractivity contribution in [3.05, 3.63) is 62.8 Å². The number of fused-ring (bicyclic) bond motifs is 4. The van der Waals surface area contributed by atoms with Gasteiger partial charge in [0, 0.05) is 49.3 Å². The minimum absolute atomic E-state index is 0.0763. The van der Waals surface area contributed by atoms with Gasteiger partial charge in [-0.25, -0.2) is 13.2 Å². The number of pyridine rings is 1. The maximum atomic E-state index is 13.9. The third-order valence-electron chi connectivity index (χ3n) is 6.15. The molecule has 1 aromatic heterocycles. The fourth-order valence-corrected chi connectivity index (χ4v) is 5.20. The Bertz CT molecular complexity index is 1230. The highest BCUT2D eigenvalue weighted by atomic mass is 32.2. The van der Waals surface area contributed by atoms with Crippen molar-refractivity contribution in [1.82, 2.24) is 14.8 Å². The molecule has 194 valence electrons. The first-order chi connectivity index (χ1) is 17.1. The third-order valence-corrected chi connectivity index (χ3v) is 7.18. The van der Waals surface area contributed by atoms with Gasteiger partial charge in [0.15, 0.2) is 24.0 Å². The SMILES string of the molecule is CO[C@H]1CSCC[C@H](C)N2C[C@H](O1)n1cc(C(=O)NCc3c(F)cc(F)cc3F)c(=O)c(O)c1C2=O. The van der Waals surface area contributed by atoms with E-state index in [0.717, 1.165) is 11.9 Å². The summed E-state index contributed by atoms with van der Waals surface area (Å²) in [6.45, 7) is 1.24. The van der Waals surface area contributed by atoms with Crippen molar-refractivity contribution in [3.63, 3.8) is 0 Å². The van der Waals surface area contributed by atoms with E-state index in [2.05, 4.69) is 5.32 Å². The van der Waals surface area contributed by atoms with Gasteiger partial charge in [-0.15, -0.1) is 0 Å². The van der Waals surface area contributed by atoms with Gasteiger partial charge >= 0.3 is 0 Å². The number of hydrogen-bond acceptors (Lipinski definition) is 7. The lowest BCUT2D eigenvalue weighted by molar-refractivity contribution is -0.173. The number of amides is 2. The van der Waals surface area contributed by atoms with Crippen LogP contribution in [0.25, 0.3) is 0 Å². The van der Waals surface area contributed by atoms with Crippen LogP contribution in [0, 0.1) is 17.5 Å². The van der Waals surface area contributed by atoms with Crippen molar-refractivity contribution >= 4 is 23.6 Å². The Balaban J connectivity index is 1.70. The second kappa shape index (κ2) is 10.5. The van der Waals surface area contributed by atoms with Gasteiger partial charge in [-0.05, 0) is 19.1 Å². The summed E-state index contributed by atoms with van der Waals surface area (Å²) < 4.78 is 53.6.